The van der Waals surface area contributed by atoms with Crippen molar-refractivity contribution >= 4 is 33.3 Å². The molecule has 9 heteroatoms. The molecular formula is C26H27N5O3S. The van der Waals surface area contributed by atoms with Gasteiger partial charge in [-0.15, -0.1) is 11.3 Å². The maximum absolute atomic E-state index is 12.4. The predicted octanol–water partition coefficient (Wildman–Crippen LogP) is 4.47. The summed E-state index contributed by atoms with van der Waals surface area (Å²) < 4.78 is 12.2. The van der Waals surface area contributed by atoms with E-state index in [1.54, 1.807) is 16.2 Å². The largest absolute Gasteiger partial charge is 0.484 e. The lowest BCUT2D eigenvalue weighted by Gasteiger charge is -2.26. The molecule has 1 atom stereocenters. The van der Waals surface area contributed by atoms with Crippen LogP contribution in [0.5, 0.6) is 5.75 Å². The van der Waals surface area contributed by atoms with E-state index in [4.69, 9.17) is 9.47 Å². The van der Waals surface area contributed by atoms with Gasteiger partial charge in [0.2, 0.25) is 0 Å². The lowest BCUT2D eigenvalue weighted by molar-refractivity contribution is -0.137. The van der Waals surface area contributed by atoms with Crippen molar-refractivity contribution in [3.05, 3.63) is 65.4 Å². The Morgan fingerprint density at radius 3 is 2.89 bits per heavy atom. The van der Waals surface area contributed by atoms with E-state index in [2.05, 4.69) is 33.3 Å². The molecule has 1 aliphatic rings. The first-order valence-electron chi connectivity index (χ1n) is 11.6. The van der Waals surface area contributed by atoms with Crippen LogP contribution in [0.15, 0.2) is 54.0 Å². The van der Waals surface area contributed by atoms with Gasteiger partial charge in [-0.2, -0.15) is 0 Å². The first-order chi connectivity index (χ1) is 17.0. The molecule has 35 heavy (non-hydrogen) atoms. The van der Waals surface area contributed by atoms with Gasteiger partial charge in [-0.1, -0.05) is 18.2 Å². The Morgan fingerprint density at radius 1 is 1.17 bits per heavy atom. The van der Waals surface area contributed by atoms with E-state index in [0.717, 1.165) is 32.9 Å². The van der Waals surface area contributed by atoms with Crippen LogP contribution in [0.2, 0.25) is 0 Å². The van der Waals surface area contributed by atoms with E-state index < -0.39 is 0 Å². The number of morpholine rings is 1. The van der Waals surface area contributed by atoms with Gasteiger partial charge in [0.15, 0.2) is 6.61 Å². The molecule has 8 nitrogen and oxygen atoms in total. The smallest absolute Gasteiger partial charge is 0.260 e. The van der Waals surface area contributed by atoms with Crippen LogP contribution >= 0.6 is 11.3 Å². The number of nitrogens with zero attached hydrogens (tertiary/aromatic N) is 4. The van der Waals surface area contributed by atoms with E-state index in [-0.39, 0.29) is 18.6 Å². The number of aryl methyl sites for hydroxylation is 1. The molecule has 3 heterocycles. The fourth-order valence-corrected chi connectivity index (χ4v) is 4.75. The van der Waals surface area contributed by atoms with E-state index in [9.17, 15) is 4.79 Å². The number of anilines is 1. The summed E-state index contributed by atoms with van der Waals surface area (Å²) in [5.74, 6) is 2.08. The zero-order valence-corrected chi connectivity index (χ0v) is 20.5. The summed E-state index contributed by atoms with van der Waals surface area (Å²) in [5, 5.41) is 3.48. The summed E-state index contributed by atoms with van der Waals surface area (Å²) in [6, 6.07) is 15.9. The Hall–Kier alpha value is -3.56. The summed E-state index contributed by atoms with van der Waals surface area (Å²) in [6.45, 7) is 6.36. The van der Waals surface area contributed by atoms with Crippen LogP contribution in [0.1, 0.15) is 24.4 Å². The summed E-state index contributed by atoms with van der Waals surface area (Å²) in [5.41, 5.74) is 5.77. The van der Waals surface area contributed by atoms with Crippen LogP contribution in [0.4, 0.5) is 5.82 Å². The second-order valence-electron chi connectivity index (χ2n) is 8.44. The normalized spacial score (nSPS) is 14.6. The molecule has 1 fully saturated rings. The lowest BCUT2D eigenvalue weighted by atomic mass is 10.1. The van der Waals surface area contributed by atoms with Crippen molar-refractivity contribution in [2.24, 2.45) is 0 Å². The van der Waals surface area contributed by atoms with Crippen LogP contribution < -0.4 is 10.1 Å². The molecule has 0 saturated carbocycles. The number of thiazole rings is 1. The SMILES string of the molecule is Cc1nc(NC(C)c2cccc(OCC(=O)N3CCOCC3)c2)cc(-c2ccc3ncsc3c2)n1. The molecule has 1 amide bonds. The zero-order valence-electron chi connectivity index (χ0n) is 19.7. The van der Waals surface area contributed by atoms with E-state index in [0.29, 0.717) is 37.9 Å². The second kappa shape index (κ2) is 10.4. The average Bonchev–Trinajstić information content (AvgIpc) is 3.36. The van der Waals surface area contributed by atoms with Gasteiger partial charge in [0.25, 0.3) is 5.91 Å². The van der Waals surface area contributed by atoms with Crippen molar-refractivity contribution < 1.29 is 14.3 Å². The first kappa shape index (κ1) is 23.2. The molecule has 1 unspecified atom stereocenters. The second-order valence-corrected chi connectivity index (χ2v) is 9.33. The zero-order chi connectivity index (χ0) is 24.2. The summed E-state index contributed by atoms with van der Waals surface area (Å²) in [6.07, 6.45) is 0. The number of amides is 1. The molecule has 1 aliphatic heterocycles. The summed E-state index contributed by atoms with van der Waals surface area (Å²) in [4.78, 5) is 27.7. The van der Waals surface area contributed by atoms with Crippen LogP contribution in [-0.2, 0) is 9.53 Å². The van der Waals surface area contributed by atoms with Crippen molar-refractivity contribution in [2.75, 3.05) is 38.2 Å². The molecule has 2 aromatic carbocycles. The van der Waals surface area contributed by atoms with Crippen molar-refractivity contribution in [1.82, 2.24) is 19.9 Å². The van der Waals surface area contributed by atoms with Crippen LogP contribution in [-0.4, -0.2) is 58.7 Å². The topological polar surface area (TPSA) is 89.5 Å². The Bertz CT molecular complexity index is 1340. The quantitative estimate of drug-likeness (QED) is 0.410. The molecule has 0 aliphatic carbocycles. The molecule has 0 radical (unpaired) electrons. The van der Waals surface area contributed by atoms with Crippen molar-refractivity contribution in [2.45, 2.75) is 19.9 Å². The number of ether oxygens (including phenoxy) is 2. The molecule has 5 rings (SSSR count). The number of carbonyl (C=O) groups excluding carboxylic acids is 1. The highest BCUT2D eigenvalue weighted by Crippen LogP contribution is 2.28. The van der Waals surface area contributed by atoms with Crippen molar-refractivity contribution in [3.8, 4) is 17.0 Å². The Balaban J connectivity index is 1.27. The highest BCUT2D eigenvalue weighted by Gasteiger charge is 2.17. The van der Waals surface area contributed by atoms with E-state index >= 15 is 0 Å². The number of hydrogen-bond donors (Lipinski definition) is 1. The maximum Gasteiger partial charge on any atom is 0.260 e. The average molecular weight is 490 g/mol. The minimum atomic E-state index is -0.0281. The minimum Gasteiger partial charge on any atom is -0.484 e. The maximum atomic E-state index is 12.4. The van der Waals surface area contributed by atoms with E-state index in [1.807, 2.05) is 54.9 Å². The monoisotopic (exact) mass is 489 g/mol. The van der Waals surface area contributed by atoms with Crippen LogP contribution in [0, 0.1) is 6.92 Å². The van der Waals surface area contributed by atoms with Crippen molar-refractivity contribution in [1.29, 1.82) is 0 Å². The van der Waals surface area contributed by atoms with Gasteiger partial charge < -0.3 is 19.7 Å². The van der Waals surface area contributed by atoms with Gasteiger partial charge in [-0.3, -0.25) is 4.79 Å². The standard InChI is InChI=1S/C26H27N5O3S/c1-17(19-4-3-5-21(12-19)34-15-26(32)31-8-10-33-11-9-31)28-25-14-23(29-18(2)30-25)20-6-7-22-24(13-20)35-16-27-22/h3-7,12-14,16-17H,8-11,15H2,1-2H3,(H,28,29,30). The Labute approximate surface area is 208 Å². The fraction of sp³-hybridized carbons (Fsp3) is 0.308. The Kier molecular flexibility index (Phi) is 6.87. The molecule has 1 saturated heterocycles. The van der Waals surface area contributed by atoms with Gasteiger partial charge in [0.1, 0.15) is 17.4 Å². The third-order valence-electron chi connectivity index (χ3n) is 5.91. The molecule has 0 bridgehead atoms. The highest BCUT2D eigenvalue weighted by atomic mass is 32.1. The van der Waals surface area contributed by atoms with Crippen LogP contribution in [0.3, 0.4) is 0 Å². The van der Waals surface area contributed by atoms with Crippen LogP contribution in [0.25, 0.3) is 21.5 Å². The summed E-state index contributed by atoms with van der Waals surface area (Å²) in [7, 11) is 0. The number of aromatic nitrogens is 3. The van der Waals surface area contributed by atoms with Gasteiger partial charge in [-0.25, -0.2) is 15.0 Å². The summed E-state index contributed by atoms with van der Waals surface area (Å²) >= 11 is 1.62. The third-order valence-corrected chi connectivity index (χ3v) is 6.71. The number of benzene rings is 2. The number of rotatable bonds is 7. The first-order valence-corrected chi connectivity index (χ1v) is 12.5. The number of hydrogen-bond acceptors (Lipinski definition) is 8. The predicted molar refractivity (Wildman–Crippen MR) is 137 cm³/mol. The van der Waals surface area contributed by atoms with Gasteiger partial charge >= 0.3 is 0 Å². The molecule has 1 N–H and O–H groups in total. The van der Waals surface area contributed by atoms with Gasteiger partial charge in [-0.05, 0) is 43.7 Å². The number of carbonyl (C=O) groups is 1. The van der Waals surface area contributed by atoms with E-state index in [1.165, 1.54) is 0 Å². The van der Waals surface area contributed by atoms with Gasteiger partial charge in [0, 0.05) is 24.7 Å². The molecule has 180 valence electrons. The highest BCUT2D eigenvalue weighted by molar-refractivity contribution is 7.16. The molecule has 4 aromatic rings. The fourth-order valence-electron chi connectivity index (χ4n) is 4.03. The molecule has 2 aromatic heterocycles. The molecular weight excluding hydrogens is 462 g/mol. The lowest BCUT2D eigenvalue weighted by Crippen LogP contribution is -2.42. The van der Waals surface area contributed by atoms with Crippen molar-refractivity contribution in [3.63, 3.8) is 0 Å². The molecule has 0 spiro atoms. The number of fused-ring (bicyclic) bond motifs is 1. The number of nitrogens with one attached hydrogen (secondary N) is 1. The van der Waals surface area contributed by atoms with Gasteiger partial charge in [0.05, 0.1) is 40.7 Å². The minimum absolute atomic E-state index is 0.0177. The third kappa shape index (κ3) is 5.58. The Morgan fingerprint density at radius 2 is 2.03 bits per heavy atom.